The van der Waals surface area contributed by atoms with Crippen molar-refractivity contribution >= 4 is 21.9 Å². The molecule has 0 atom stereocenters. The molecule has 102 valence electrons. The van der Waals surface area contributed by atoms with Gasteiger partial charge in [0.05, 0.1) is 5.56 Å². The van der Waals surface area contributed by atoms with Crippen molar-refractivity contribution in [3.05, 3.63) is 60.6 Å². The van der Waals surface area contributed by atoms with E-state index in [1.807, 2.05) is 19.3 Å². The molecule has 3 nitrogen and oxygen atoms in total. The zero-order valence-electron chi connectivity index (χ0n) is 12.0. The Morgan fingerprint density at radius 3 is 2.81 bits per heavy atom. The van der Waals surface area contributed by atoms with E-state index in [9.17, 15) is 0 Å². The Bertz CT molecular complexity index is 969. The van der Waals surface area contributed by atoms with Crippen LogP contribution in [0.3, 0.4) is 0 Å². The number of aryl methyl sites for hydroxylation is 2. The topological polar surface area (TPSA) is 29.9 Å². The van der Waals surface area contributed by atoms with Gasteiger partial charge in [-0.25, -0.2) is 4.98 Å². The van der Waals surface area contributed by atoms with Crippen molar-refractivity contribution in [3.8, 4) is 11.3 Å². The first kappa shape index (κ1) is 12.1. The molecule has 0 radical (unpaired) electrons. The minimum atomic E-state index is 0.832. The van der Waals surface area contributed by atoms with Crippen molar-refractivity contribution in [2.24, 2.45) is 7.05 Å². The second-order valence-electron chi connectivity index (χ2n) is 5.30. The molecule has 4 rings (SSSR count). The number of hydrogen-bond acceptors (Lipinski definition) is 2. The molecule has 0 amide bonds. The van der Waals surface area contributed by atoms with Gasteiger partial charge in [0, 0.05) is 6.07 Å². The lowest BCUT2D eigenvalue weighted by molar-refractivity contribution is -0.659. The molecule has 0 saturated heterocycles. The molecule has 0 bridgehead atoms. The largest absolute Gasteiger partial charge is 0.436 e. The van der Waals surface area contributed by atoms with Crippen LogP contribution in [0.25, 0.3) is 33.1 Å². The van der Waals surface area contributed by atoms with E-state index in [2.05, 4.69) is 52.9 Å². The Labute approximate surface area is 122 Å². The summed E-state index contributed by atoms with van der Waals surface area (Å²) in [5.74, 6) is 0. The number of rotatable bonds is 1. The summed E-state index contributed by atoms with van der Waals surface area (Å²) >= 11 is 0. The van der Waals surface area contributed by atoms with Crippen molar-refractivity contribution in [3.63, 3.8) is 0 Å². The van der Waals surface area contributed by atoms with E-state index in [0.29, 0.717) is 0 Å². The molecule has 21 heavy (non-hydrogen) atoms. The summed E-state index contributed by atoms with van der Waals surface area (Å²) in [6, 6.07) is 14.7. The van der Waals surface area contributed by atoms with Gasteiger partial charge in [-0.05, 0) is 29.3 Å². The molecule has 2 aromatic heterocycles. The maximum atomic E-state index is 5.62. The maximum absolute atomic E-state index is 5.62. The van der Waals surface area contributed by atoms with Gasteiger partial charge in [0.25, 0.3) is 5.69 Å². The van der Waals surface area contributed by atoms with Crippen LogP contribution in [-0.2, 0) is 7.05 Å². The van der Waals surface area contributed by atoms with Crippen molar-refractivity contribution in [2.75, 3.05) is 0 Å². The summed E-state index contributed by atoms with van der Waals surface area (Å²) in [4.78, 5) is 4.26. The van der Waals surface area contributed by atoms with Crippen LogP contribution in [0.1, 0.15) is 5.56 Å². The molecule has 2 aromatic carbocycles. The molecule has 3 heteroatoms. The summed E-state index contributed by atoms with van der Waals surface area (Å²) in [6.07, 6.45) is 3.53. The average molecular weight is 275 g/mol. The molecule has 2 heterocycles. The van der Waals surface area contributed by atoms with Gasteiger partial charge >= 0.3 is 0 Å². The second-order valence-corrected chi connectivity index (χ2v) is 5.30. The summed E-state index contributed by atoms with van der Waals surface area (Å²) in [6.45, 7) is 2.16. The maximum Gasteiger partial charge on any atom is 0.257 e. The summed E-state index contributed by atoms with van der Waals surface area (Å²) in [5.41, 5.74) is 5.22. The van der Waals surface area contributed by atoms with E-state index in [0.717, 1.165) is 16.8 Å². The standard InChI is InChI=1S/C18H15N2O/c1-12-14-6-4-3-5-13(14)7-8-15(12)17-18-16(19-11-21-18)9-10-20(17)2/h3-11H,1-2H3/q+1. The zero-order chi connectivity index (χ0) is 14.4. The number of aromatic nitrogens is 2. The fraction of sp³-hybridized carbons (Fsp3) is 0.111. The highest BCUT2D eigenvalue weighted by atomic mass is 16.3. The number of benzene rings is 2. The third-order valence-corrected chi connectivity index (χ3v) is 4.07. The highest BCUT2D eigenvalue weighted by molar-refractivity contribution is 5.94. The molecular formula is C18H15N2O+. The third kappa shape index (κ3) is 1.74. The van der Waals surface area contributed by atoms with Gasteiger partial charge in [-0.2, -0.15) is 4.57 Å². The SMILES string of the molecule is Cc1c(-c2c3ocnc3cc[n+]2C)ccc2ccccc12. The summed E-state index contributed by atoms with van der Waals surface area (Å²) < 4.78 is 7.71. The van der Waals surface area contributed by atoms with Gasteiger partial charge in [-0.15, -0.1) is 0 Å². The quantitative estimate of drug-likeness (QED) is 0.495. The number of pyridine rings is 1. The van der Waals surface area contributed by atoms with Crippen LogP contribution in [-0.4, -0.2) is 4.98 Å². The third-order valence-electron chi connectivity index (χ3n) is 4.07. The Morgan fingerprint density at radius 1 is 1.05 bits per heavy atom. The zero-order valence-corrected chi connectivity index (χ0v) is 12.0. The van der Waals surface area contributed by atoms with Crippen LogP contribution in [0, 0.1) is 6.92 Å². The Balaban J connectivity index is 2.11. The van der Waals surface area contributed by atoms with Gasteiger partial charge in [-0.3, -0.25) is 0 Å². The van der Waals surface area contributed by atoms with E-state index in [-0.39, 0.29) is 0 Å². The first-order valence-electron chi connectivity index (χ1n) is 6.96. The van der Waals surface area contributed by atoms with Crippen LogP contribution < -0.4 is 4.57 Å². The van der Waals surface area contributed by atoms with Crippen LogP contribution in [0.5, 0.6) is 0 Å². The van der Waals surface area contributed by atoms with E-state index in [1.165, 1.54) is 28.3 Å². The molecule has 0 fully saturated rings. The lowest BCUT2D eigenvalue weighted by atomic mass is 9.97. The molecule has 0 spiro atoms. The van der Waals surface area contributed by atoms with Crippen molar-refractivity contribution in [1.82, 2.24) is 4.98 Å². The van der Waals surface area contributed by atoms with Gasteiger partial charge in [-0.1, -0.05) is 30.3 Å². The number of oxazole rings is 1. The molecule has 0 N–H and O–H groups in total. The molecule has 4 aromatic rings. The smallest absolute Gasteiger partial charge is 0.257 e. The van der Waals surface area contributed by atoms with Gasteiger partial charge in [0.2, 0.25) is 5.58 Å². The van der Waals surface area contributed by atoms with E-state index in [1.54, 1.807) is 0 Å². The molecule has 0 aliphatic carbocycles. The first-order chi connectivity index (χ1) is 10.3. The summed E-state index contributed by atoms with van der Waals surface area (Å²) in [5, 5.41) is 2.53. The van der Waals surface area contributed by atoms with E-state index >= 15 is 0 Å². The lowest BCUT2D eigenvalue weighted by Gasteiger charge is -2.08. The van der Waals surface area contributed by atoms with E-state index < -0.39 is 0 Å². The van der Waals surface area contributed by atoms with E-state index in [4.69, 9.17) is 4.42 Å². The van der Waals surface area contributed by atoms with Crippen LogP contribution in [0.4, 0.5) is 0 Å². The lowest BCUT2D eigenvalue weighted by Crippen LogP contribution is -2.30. The fourth-order valence-electron chi connectivity index (χ4n) is 2.96. The number of fused-ring (bicyclic) bond motifs is 2. The molecule has 0 aliphatic heterocycles. The molecular weight excluding hydrogens is 260 g/mol. The normalized spacial score (nSPS) is 11.3. The van der Waals surface area contributed by atoms with Gasteiger partial charge in [0.15, 0.2) is 12.6 Å². The van der Waals surface area contributed by atoms with Crippen LogP contribution >= 0.6 is 0 Å². The second kappa shape index (κ2) is 4.42. The Morgan fingerprint density at radius 2 is 1.90 bits per heavy atom. The predicted octanol–water partition coefficient (Wildman–Crippen LogP) is 3.78. The number of nitrogens with zero attached hydrogens (tertiary/aromatic N) is 2. The molecule has 0 unspecified atom stereocenters. The summed E-state index contributed by atoms with van der Waals surface area (Å²) in [7, 11) is 2.03. The Kier molecular flexibility index (Phi) is 2.54. The average Bonchev–Trinajstić information content (AvgIpc) is 2.97. The number of hydrogen-bond donors (Lipinski definition) is 0. The first-order valence-corrected chi connectivity index (χ1v) is 6.96. The highest BCUT2D eigenvalue weighted by Crippen LogP contribution is 2.31. The van der Waals surface area contributed by atoms with Gasteiger partial charge in [0.1, 0.15) is 12.6 Å². The van der Waals surface area contributed by atoms with Crippen molar-refractivity contribution in [2.45, 2.75) is 6.92 Å². The van der Waals surface area contributed by atoms with Crippen molar-refractivity contribution < 1.29 is 8.98 Å². The monoisotopic (exact) mass is 275 g/mol. The highest BCUT2D eigenvalue weighted by Gasteiger charge is 2.20. The Hall–Kier alpha value is -2.68. The minimum Gasteiger partial charge on any atom is -0.436 e. The molecule has 0 saturated carbocycles. The molecule has 0 aliphatic rings. The van der Waals surface area contributed by atoms with Crippen LogP contribution in [0.2, 0.25) is 0 Å². The minimum absolute atomic E-state index is 0.832. The van der Waals surface area contributed by atoms with Gasteiger partial charge < -0.3 is 4.42 Å². The van der Waals surface area contributed by atoms with Crippen molar-refractivity contribution in [1.29, 1.82) is 0 Å². The fourth-order valence-corrected chi connectivity index (χ4v) is 2.96. The predicted molar refractivity (Wildman–Crippen MR) is 82.9 cm³/mol. The van der Waals surface area contributed by atoms with Crippen LogP contribution in [0.15, 0.2) is 59.5 Å².